The SMILES string of the molecule is COC(=O)c1c(C(=O)C(F)(F)F)c(C)n(N)c1C. The van der Waals surface area contributed by atoms with Crippen LogP contribution in [0.3, 0.4) is 0 Å². The van der Waals surface area contributed by atoms with Gasteiger partial charge in [-0.05, 0) is 13.8 Å². The van der Waals surface area contributed by atoms with Gasteiger partial charge < -0.3 is 10.6 Å². The van der Waals surface area contributed by atoms with Crippen LogP contribution in [0.15, 0.2) is 0 Å². The zero-order chi connectivity index (χ0) is 14.2. The number of hydrogen-bond donors (Lipinski definition) is 1. The number of carbonyl (C=O) groups is 2. The van der Waals surface area contributed by atoms with Crippen molar-refractivity contribution in [3.8, 4) is 0 Å². The Balaban J connectivity index is 3.58. The molecular weight excluding hydrogens is 253 g/mol. The largest absolute Gasteiger partial charge is 0.465 e. The highest BCUT2D eigenvalue weighted by molar-refractivity contribution is 6.10. The van der Waals surface area contributed by atoms with Crippen molar-refractivity contribution in [3.63, 3.8) is 0 Å². The molecule has 8 heteroatoms. The Bertz CT molecular complexity index is 517. The molecule has 0 radical (unpaired) electrons. The number of aromatic nitrogens is 1. The third-order valence-electron chi connectivity index (χ3n) is 2.57. The van der Waals surface area contributed by atoms with Crippen LogP contribution in [0.2, 0.25) is 0 Å². The maximum Gasteiger partial charge on any atom is 0.454 e. The standard InChI is InChI=1S/C10H11F3N2O3/c1-4-6(8(16)10(11,12)13)7(9(17)18-3)5(2)15(4)14/h14H2,1-3H3. The monoisotopic (exact) mass is 264 g/mol. The van der Waals surface area contributed by atoms with E-state index in [-0.39, 0.29) is 11.4 Å². The van der Waals surface area contributed by atoms with Crippen LogP contribution in [0.25, 0.3) is 0 Å². The fourth-order valence-electron chi connectivity index (χ4n) is 1.63. The van der Waals surface area contributed by atoms with Crippen LogP contribution in [0.1, 0.15) is 32.1 Å². The summed E-state index contributed by atoms with van der Waals surface area (Å²) >= 11 is 0. The van der Waals surface area contributed by atoms with Gasteiger partial charge in [0.05, 0.1) is 23.9 Å². The Kier molecular flexibility index (Phi) is 3.40. The van der Waals surface area contributed by atoms with Gasteiger partial charge >= 0.3 is 12.1 Å². The first-order valence-electron chi connectivity index (χ1n) is 4.79. The molecule has 0 fully saturated rings. The number of methoxy groups -OCH3 is 1. The van der Waals surface area contributed by atoms with Gasteiger partial charge in [0.1, 0.15) is 0 Å². The molecule has 1 aromatic heterocycles. The van der Waals surface area contributed by atoms with Crippen molar-refractivity contribution in [3.05, 3.63) is 22.5 Å². The van der Waals surface area contributed by atoms with Gasteiger partial charge in [-0.2, -0.15) is 13.2 Å². The second kappa shape index (κ2) is 4.35. The summed E-state index contributed by atoms with van der Waals surface area (Å²) in [6, 6.07) is 0. The molecule has 0 amide bonds. The molecule has 0 saturated carbocycles. The number of ketones is 1. The molecule has 2 N–H and O–H groups in total. The summed E-state index contributed by atoms with van der Waals surface area (Å²) in [4.78, 5) is 22.7. The van der Waals surface area contributed by atoms with E-state index in [4.69, 9.17) is 5.84 Å². The molecule has 1 rings (SSSR count). The van der Waals surface area contributed by atoms with Gasteiger partial charge in [-0.1, -0.05) is 0 Å². The summed E-state index contributed by atoms with van der Waals surface area (Å²) in [7, 11) is 1.01. The number of alkyl halides is 3. The van der Waals surface area contributed by atoms with Crippen LogP contribution in [-0.4, -0.2) is 29.7 Å². The molecule has 0 spiro atoms. The first-order valence-corrected chi connectivity index (χ1v) is 4.79. The summed E-state index contributed by atoms with van der Waals surface area (Å²) in [5.41, 5.74) is -1.34. The van der Waals surface area contributed by atoms with E-state index in [2.05, 4.69) is 4.74 Å². The van der Waals surface area contributed by atoms with Crippen molar-refractivity contribution < 1.29 is 27.5 Å². The maximum absolute atomic E-state index is 12.5. The minimum absolute atomic E-state index is 0.0342. The van der Waals surface area contributed by atoms with E-state index in [1.54, 1.807) is 0 Å². The molecule has 0 unspecified atom stereocenters. The fourth-order valence-corrected chi connectivity index (χ4v) is 1.63. The van der Waals surface area contributed by atoms with E-state index < -0.39 is 29.1 Å². The summed E-state index contributed by atoms with van der Waals surface area (Å²) < 4.78 is 42.6. The molecule has 0 saturated heterocycles. The molecule has 0 aliphatic heterocycles. The quantitative estimate of drug-likeness (QED) is 0.497. The molecule has 100 valence electrons. The smallest absolute Gasteiger partial charge is 0.454 e. The van der Waals surface area contributed by atoms with E-state index in [9.17, 15) is 22.8 Å². The van der Waals surface area contributed by atoms with Crippen LogP contribution >= 0.6 is 0 Å². The van der Waals surface area contributed by atoms with Crippen LogP contribution in [-0.2, 0) is 4.74 Å². The van der Waals surface area contributed by atoms with Gasteiger partial charge in [0.2, 0.25) is 0 Å². The summed E-state index contributed by atoms with van der Waals surface area (Å²) in [5.74, 6) is 2.31. The van der Waals surface area contributed by atoms with E-state index in [1.807, 2.05) is 0 Å². The number of nitrogen functional groups attached to an aromatic ring is 1. The molecule has 1 aromatic rings. The van der Waals surface area contributed by atoms with Gasteiger partial charge in [0.25, 0.3) is 5.78 Å². The van der Waals surface area contributed by atoms with E-state index in [0.717, 1.165) is 11.8 Å². The van der Waals surface area contributed by atoms with Crippen molar-refractivity contribution in [2.45, 2.75) is 20.0 Å². The summed E-state index contributed by atoms with van der Waals surface area (Å²) in [5, 5.41) is 0. The van der Waals surface area contributed by atoms with Crippen molar-refractivity contribution in [2.75, 3.05) is 13.0 Å². The zero-order valence-corrected chi connectivity index (χ0v) is 9.88. The summed E-state index contributed by atoms with van der Waals surface area (Å²) in [6.07, 6.45) is -5.08. The number of carbonyl (C=O) groups excluding carboxylic acids is 2. The van der Waals surface area contributed by atoms with Crippen LogP contribution in [0.5, 0.6) is 0 Å². The number of ether oxygens (including phenoxy) is 1. The average molecular weight is 264 g/mol. The van der Waals surface area contributed by atoms with Crippen LogP contribution < -0.4 is 5.84 Å². The molecule has 0 aromatic carbocycles. The van der Waals surface area contributed by atoms with Crippen molar-refractivity contribution in [2.24, 2.45) is 0 Å². The normalized spacial score (nSPS) is 11.4. The second-order valence-electron chi connectivity index (χ2n) is 3.61. The zero-order valence-electron chi connectivity index (χ0n) is 9.88. The van der Waals surface area contributed by atoms with Crippen LogP contribution in [0, 0.1) is 13.8 Å². The third kappa shape index (κ3) is 2.05. The Morgan fingerprint density at radius 3 is 2.00 bits per heavy atom. The fraction of sp³-hybridized carbons (Fsp3) is 0.400. The summed E-state index contributed by atoms with van der Waals surface area (Å²) in [6.45, 7) is 2.55. The van der Waals surface area contributed by atoms with Gasteiger partial charge in [-0.25, -0.2) is 4.79 Å². The van der Waals surface area contributed by atoms with Crippen molar-refractivity contribution in [1.82, 2.24) is 4.68 Å². The number of halogens is 3. The lowest BCUT2D eigenvalue weighted by atomic mass is 10.0. The number of hydrogen-bond acceptors (Lipinski definition) is 4. The highest BCUT2D eigenvalue weighted by atomic mass is 19.4. The first-order chi connectivity index (χ1) is 8.12. The Labute approximate surface area is 100 Å². The molecule has 0 aliphatic carbocycles. The highest BCUT2D eigenvalue weighted by Gasteiger charge is 2.44. The van der Waals surface area contributed by atoms with Gasteiger partial charge in [0, 0.05) is 5.69 Å². The van der Waals surface area contributed by atoms with E-state index in [1.165, 1.54) is 13.8 Å². The topological polar surface area (TPSA) is 74.3 Å². The molecule has 0 aliphatic rings. The molecular formula is C10H11F3N2O3. The minimum Gasteiger partial charge on any atom is -0.465 e. The lowest BCUT2D eigenvalue weighted by Gasteiger charge is -2.06. The van der Waals surface area contributed by atoms with Crippen molar-refractivity contribution in [1.29, 1.82) is 0 Å². The van der Waals surface area contributed by atoms with Gasteiger partial charge in [0.15, 0.2) is 0 Å². The Hall–Kier alpha value is -1.99. The number of Topliss-reactive ketones (excluding diaryl/α,β-unsaturated/α-hetero) is 1. The minimum atomic E-state index is -5.08. The van der Waals surface area contributed by atoms with Gasteiger partial charge in [-0.15, -0.1) is 0 Å². The number of rotatable bonds is 2. The molecule has 0 atom stereocenters. The Morgan fingerprint density at radius 1 is 1.17 bits per heavy atom. The predicted octanol–water partition coefficient (Wildman–Crippen LogP) is 1.35. The average Bonchev–Trinajstić information content (AvgIpc) is 2.50. The number of esters is 1. The van der Waals surface area contributed by atoms with Crippen molar-refractivity contribution >= 4 is 11.8 Å². The first kappa shape index (κ1) is 14.1. The molecule has 18 heavy (non-hydrogen) atoms. The molecule has 1 heterocycles. The van der Waals surface area contributed by atoms with Gasteiger partial charge in [-0.3, -0.25) is 9.47 Å². The third-order valence-corrected chi connectivity index (χ3v) is 2.57. The lowest BCUT2D eigenvalue weighted by molar-refractivity contribution is -0.0886. The molecule has 0 bridgehead atoms. The predicted molar refractivity (Wildman–Crippen MR) is 55.8 cm³/mol. The van der Waals surface area contributed by atoms with Crippen LogP contribution in [0.4, 0.5) is 13.2 Å². The number of nitrogens with zero attached hydrogens (tertiary/aromatic N) is 1. The number of nitrogens with two attached hydrogens (primary N) is 1. The highest BCUT2D eigenvalue weighted by Crippen LogP contribution is 2.29. The van der Waals surface area contributed by atoms with E-state index in [0.29, 0.717) is 0 Å². The van der Waals surface area contributed by atoms with E-state index >= 15 is 0 Å². The molecule has 5 nitrogen and oxygen atoms in total. The maximum atomic E-state index is 12.5. The Morgan fingerprint density at radius 2 is 1.61 bits per heavy atom. The second-order valence-corrected chi connectivity index (χ2v) is 3.61. The lowest BCUT2D eigenvalue weighted by Crippen LogP contribution is -2.25.